The number of ether oxygens (including phenoxy) is 2. The van der Waals surface area contributed by atoms with E-state index in [1.54, 1.807) is 4.90 Å². The van der Waals surface area contributed by atoms with Gasteiger partial charge in [0.15, 0.2) is 6.10 Å². The van der Waals surface area contributed by atoms with Crippen LogP contribution >= 0.6 is 0 Å². The number of rotatable bonds is 5. The summed E-state index contributed by atoms with van der Waals surface area (Å²) in [7, 11) is 1.41. The second-order valence-electron chi connectivity index (χ2n) is 6.46. The normalized spacial score (nSPS) is 16.6. The second kappa shape index (κ2) is 8.18. The number of methoxy groups -OCH3 is 1. The summed E-state index contributed by atoms with van der Waals surface area (Å²) in [6.45, 7) is 7.13. The van der Waals surface area contributed by atoms with E-state index in [0.29, 0.717) is 32.4 Å². The average Bonchev–Trinajstić information content (AvgIpc) is 2.57. The van der Waals surface area contributed by atoms with Crippen molar-refractivity contribution in [3.05, 3.63) is 29.3 Å². The van der Waals surface area contributed by atoms with Crippen LogP contribution in [0, 0.1) is 19.8 Å². The van der Waals surface area contributed by atoms with Crippen LogP contribution in [0.1, 0.15) is 37.3 Å². The molecule has 1 aliphatic rings. The van der Waals surface area contributed by atoms with Crippen LogP contribution in [0.2, 0.25) is 0 Å². The fourth-order valence-electron chi connectivity index (χ4n) is 3.18. The van der Waals surface area contributed by atoms with Crippen molar-refractivity contribution in [1.29, 1.82) is 0 Å². The average molecular weight is 333 g/mol. The summed E-state index contributed by atoms with van der Waals surface area (Å²) in [6.07, 6.45) is 1.43. The number of esters is 1. The van der Waals surface area contributed by atoms with Gasteiger partial charge in [-0.05, 0) is 56.4 Å². The number of benzene rings is 1. The lowest BCUT2D eigenvalue weighted by Gasteiger charge is -2.33. The van der Waals surface area contributed by atoms with Gasteiger partial charge in [0.1, 0.15) is 5.75 Å². The fourth-order valence-corrected chi connectivity index (χ4v) is 3.18. The molecule has 1 aromatic rings. The highest BCUT2D eigenvalue weighted by atomic mass is 16.5. The van der Waals surface area contributed by atoms with Gasteiger partial charge < -0.3 is 14.4 Å². The molecule has 1 fully saturated rings. The first-order valence-electron chi connectivity index (χ1n) is 8.56. The minimum atomic E-state index is -0.485. The molecule has 5 heteroatoms. The molecule has 0 aromatic heterocycles. The molecule has 1 amide bonds. The predicted molar refractivity (Wildman–Crippen MR) is 91.9 cm³/mol. The molecule has 1 atom stereocenters. The van der Waals surface area contributed by atoms with Gasteiger partial charge in [0.25, 0.3) is 5.91 Å². The van der Waals surface area contributed by atoms with Crippen LogP contribution in [-0.2, 0) is 14.3 Å². The van der Waals surface area contributed by atoms with Gasteiger partial charge in [-0.1, -0.05) is 13.0 Å². The second-order valence-corrected chi connectivity index (χ2v) is 6.46. The largest absolute Gasteiger partial charge is 0.481 e. The highest BCUT2D eigenvalue weighted by Crippen LogP contribution is 2.22. The Morgan fingerprint density at radius 1 is 1.17 bits per heavy atom. The third kappa shape index (κ3) is 4.49. The van der Waals surface area contributed by atoms with E-state index in [2.05, 4.69) is 6.07 Å². The van der Waals surface area contributed by atoms with Gasteiger partial charge in [0.2, 0.25) is 0 Å². The molecule has 0 unspecified atom stereocenters. The van der Waals surface area contributed by atoms with E-state index >= 15 is 0 Å². The third-order valence-electron chi connectivity index (χ3n) is 4.46. The molecule has 2 rings (SSSR count). The molecule has 1 heterocycles. The van der Waals surface area contributed by atoms with E-state index in [0.717, 1.165) is 16.9 Å². The van der Waals surface area contributed by atoms with Crippen molar-refractivity contribution in [2.45, 2.75) is 46.1 Å². The van der Waals surface area contributed by atoms with Gasteiger partial charge in [0, 0.05) is 13.1 Å². The van der Waals surface area contributed by atoms with E-state index in [9.17, 15) is 9.59 Å². The maximum absolute atomic E-state index is 12.7. The van der Waals surface area contributed by atoms with Crippen LogP contribution < -0.4 is 4.74 Å². The zero-order valence-electron chi connectivity index (χ0n) is 15.0. The highest BCUT2D eigenvalue weighted by molar-refractivity contribution is 5.81. The molecule has 132 valence electrons. The first kappa shape index (κ1) is 18.3. The molecule has 0 saturated carbocycles. The molecule has 0 radical (unpaired) electrons. The quantitative estimate of drug-likeness (QED) is 0.778. The van der Waals surface area contributed by atoms with Crippen molar-refractivity contribution in [3.8, 4) is 5.75 Å². The zero-order chi connectivity index (χ0) is 17.7. The number of carbonyl (C=O) groups excluding carboxylic acids is 2. The third-order valence-corrected chi connectivity index (χ3v) is 4.46. The topological polar surface area (TPSA) is 55.8 Å². The van der Waals surface area contributed by atoms with Crippen molar-refractivity contribution >= 4 is 11.9 Å². The Morgan fingerprint density at radius 2 is 1.75 bits per heavy atom. The molecule has 0 bridgehead atoms. The molecule has 1 aliphatic heterocycles. The van der Waals surface area contributed by atoms with Gasteiger partial charge in [-0.15, -0.1) is 0 Å². The number of likely N-dealkylation sites (tertiary alicyclic amines) is 1. The van der Waals surface area contributed by atoms with Gasteiger partial charge in [-0.25, -0.2) is 0 Å². The summed E-state index contributed by atoms with van der Waals surface area (Å²) in [5.74, 6) is 0.456. The number of hydrogen-bond donors (Lipinski definition) is 0. The van der Waals surface area contributed by atoms with E-state index in [1.165, 1.54) is 7.11 Å². The molecule has 24 heavy (non-hydrogen) atoms. The van der Waals surface area contributed by atoms with Gasteiger partial charge in [-0.2, -0.15) is 0 Å². The van der Waals surface area contributed by atoms with Crippen molar-refractivity contribution in [2.75, 3.05) is 20.2 Å². The Morgan fingerprint density at radius 3 is 2.25 bits per heavy atom. The Hall–Kier alpha value is -2.04. The van der Waals surface area contributed by atoms with Gasteiger partial charge in [-0.3, -0.25) is 9.59 Å². The number of amides is 1. The zero-order valence-corrected chi connectivity index (χ0v) is 15.0. The summed E-state index contributed by atoms with van der Waals surface area (Å²) in [5.41, 5.74) is 2.23. The number of nitrogens with zero attached hydrogens (tertiary/aromatic N) is 1. The Labute approximate surface area is 143 Å². The standard InChI is InChI=1S/C19H27NO4/c1-5-17(24-16-11-13(2)10-14(3)12-16)18(21)20-8-6-15(7-9-20)19(22)23-4/h10-12,15,17H,5-9H2,1-4H3/t17-/m1/s1. The van der Waals surface area contributed by atoms with Crippen LogP contribution in [0.25, 0.3) is 0 Å². The molecular formula is C19H27NO4. The molecule has 1 saturated heterocycles. The summed E-state index contributed by atoms with van der Waals surface area (Å²) < 4.78 is 10.7. The number of carbonyl (C=O) groups is 2. The smallest absolute Gasteiger partial charge is 0.308 e. The number of piperidine rings is 1. The summed E-state index contributed by atoms with van der Waals surface area (Å²) in [6, 6.07) is 5.98. The lowest BCUT2D eigenvalue weighted by molar-refractivity contribution is -0.150. The Balaban J connectivity index is 1.98. The van der Waals surface area contributed by atoms with E-state index in [1.807, 2.05) is 32.9 Å². The Bertz CT molecular complexity index is 571. The van der Waals surface area contributed by atoms with Gasteiger partial charge >= 0.3 is 5.97 Å². The summed E-state index contributed by atoms with van der Waals surface area (Å²) in [4.78, 5) is 26.1. The molecular weight excluding hydrogens is 306 g/mol. The Kier molecular flexibility index (Phi) is 6.23. The monoisotopic (exact) mass is 333 g/mol. The molecule has 5 nitrogen and oxygen atoms in total. The minimum Gasteiger partial charge on any atom is -0.481 e. The predicted octanol–water partition coefficient (Wildman–Crippen LogP) is 2.87. The van der Waals surface area contributed by atoms with E-state index < -0.39 is 6.10 Å². The molecule has 0 spiro atoms. The minimum absolute atomic E-state index is 0.0000231. The van der Waals surface area contributed by atoms with Crippen LogP contribution in [0.15, 0.2) is 18.2 Å². The SMILES string of the molecule is CC[C@@H](Oc1cc(C)cc(C)c1)C(=O)N1CCC(C(=O)OC)CC1. The van der Waals surface area contributed by atoms with Gasteiger partial charge in [0.05, 0.1) is 13.0 Å². The molecule has 0 aliphatic carbocycles. The van der Waals surface area contributed by atoms with E-state index in [4.69, 9.17) is 9.47 Å². The number of aryl methyl sites for hydroxylation is 2. The van der Waals surface area contributed by atoms with Crippen molar-refractivity contribution in [2.24, 2.45) is 5.92 Å². The highest BCUT2D eigenvalue weighted by Gasteiger charge is 2.31. The first-order valence-corrected chi connectivity index (χ1v) is 8.56. The number of hydrogen-bond acceptors (Lipinski definition) is 4. The van der Waals surface area contributed by atoms with Crippen molar-refractivity contribution < 1.29 is 19.1 Å². The summed E-state index contributed by atoms with van der Waals surface area (Å²) in [5, 5.41) is 0. The lowest BCUT2D eigenvalue weighted by atomic mass is 9.96. The molecule has 0 N–H and O–H groups in total. The lowest BCUT2D eigenvalue weighted by Crippen LogP contribution is -2.46. The van der Waals surface area contributed by atoms with Crippen molar-refractivity contribution in [1.82, 2.24) is 4.90 Å². The maximum atomic E-state index is 12.7. The molecule has 1 aromatic carbocycles. The summed E-state index contributed by atoms with van der Waals surface area (Å²) >= 11 is 0. The van der Waals surface area contributed by atoms with Crippen molar-refractivity contribution in [3.63, 3.8) is 0 Å². The fraction of sp³-hybridized carbons (Fsp3) is 0.579. The first-order chi connectivity index (χ1) is 11.4. The van der Waals surface area contributed by atoms with Crippen LogP contribution in [0.3, 0.4) is 0 Å². The van der Waals surface area contributed by atoms with Crippen LogP contribution in [0.5, 0.6) is 5.75 Å². The maximum Gasteiger partial charge on any atom is 0.308 e. The van der Waals surface area contributed by atoms with Crippen LogP contribution in [-0.4, -0.2) is 43.1 Å². The van der Waals surface area contributed by atoms with E-state index in [-0.39, 0.29) is 17.8 Å². The van der Waals surface area contributed by atoms with Crippen LogP contribution in [0.4, 0.5) is 0 Å².